The number of nitrogens with zero attached hydrogens (tertiary/aromatic N) is 1. The van der Waals surface area contributed by atoms with Crippen molar-refractivity contribution in [3.63, 3.8) is 0 Å². The highest BCUT2D eigenvalue weighted by molar-refractivity contribution is 7.54. The van der Waals surface area contributed by atoms with Gasteiger partial charge < -0.3 is 9.47 Å². The van der Waals surface area contributed by atoms with Crippen LogP contribution >= 0.6 is 30.8 Å². The van der Waals surface area contributed by atoms with Gasteiger partial charge in [-0.15, -0.1) is 0 Å². The van der Waals surface area contributed by atoms with Gasteiger partial charge in [-0.25, -0.2) is 5.06 Å². The fraction of sp³-hybridized carbons (Fsp3) is 0.516. The maximum absolute atomic E-state index is 14.5. The molecule has 0 N–H and O–H groups in total. The van der Waals surface area contributed by atoms with E-state index in [2.05, 4.69) is 0 Å². The monoisotopic (exact) mass is 673 g/mol. The van der Waals surface area contributed by atoms with Crippen molar-refractivity contribution in [2.45, 2.75) is 73.6 Å². The highest BCUT2D eigenvalue weighted by atomic mass is 35.5. The highest BCUT2D eigenvalue weighted by Gasteiger charge is 2.39. The van der Waals surface area contributed by atoms with E-state index in [1.807, 2.05) is 30.3 Å². The Balaban J connectivity index is 2.36. The van der Waals surface area contributed by atoms with Crippen LogP contribution in [0.25, 0.3) is 0 Å². The van der Waals surface area contributed by atoms with Crippen LogP contribution in [0, 0.1) is 10.8 Å². The van der Waals surface area contributed by atoms with Gasteiger partial charge in [-0.05, 0) is 77.6 Å². The number of carbonyl (C=O) groups is 3. The van der Waals surface area contributed by atoms with Gasteiger partial charge in [0.25, 0.3) is 0 Å². The van der Waals surface area contributed by atoms with Gasteiger partial charge in [-0.1, -0.05) is 59.6 Å². The molecule has 2 aromatic carbocycles. The molecule has 0 spiro atoms. The van der Waals surface area contributed by atoms with Crippen LogP contribution in [0.5, 0.6) is 0 Å². The summed E-state index contributed by atoms with van der Waals surface area (Å²) in [5.74, 6) is -1.54. The molecule has 0 bridgehead atoms. The summed E-state index contributed by atoms with van der Waals surface area (Å²) in [5, 5.41) is 1.79. The Bertz CT molecular complexity index is 1270. The number of rotatable bonds is 15. The third-order valence-corrected chi connectivity index (χ3v) is 9.22. The van der Waals surface area contributed by atoms with Gasteiger partial charge in [0.2, 0.25) is 19.5 Å². The van der Waals surface area contributed by atoms with Crippen LogP contribution < -0.4 is 0 Å². The fourth-order valence-electron chi connectivity index (χ4n) is 3.60. The summed E-state index contributed by atoms with van der Waals surface area (Å²) in [7, 11) is -4.23. The second-order valence-corrected chi connectivity index (χ2v) is 15.3. The minimum atomic E-state index is -4.23. The normalized spacial score (nSPS) is 12.8. The minimum Gasteiger partial charge on any atom is -0.438 e. The molecule has 0 saturated heterocycles. The molecule has 2 aromatic rings. The number of hydroxylamine groups is 2. The molecule has 1 amide bonds. The predicted octanol–water partition coefficient (Wildman–Crippen LogP) is 7.59. The summed E-state index contributed by atoms with van der Waals surface area (Å²) in [4.78, 5) is 43.0. The SMILES string of the molecule is CC(=O)N(CCC(Cc1ccc(Cl)c(Cl)c1)P(=O)(OCOC(=O)C(C)(C)C)OCOC(=O)C(C)(C)C)OCc1ccccc1. The van der Waals surface area contributed by atoms with Gasteiger partial charge in [0.05, 0.1) is 26.5 Å². The van der Waals surface area contributed by atoms with Crippen molar-refractivity contribution in [3.05, 3.63) is 69.7 Å². The zero-order valence-corrected chi connectivity index (χ0v) is 28.7. The lowest BCUT2D eigenvalue weighted by Crippen LogP contribution is -2.33. The van der Waals surface area contributed by atoms with Crippen molar-refractivity contribution in [3.8, 4) is 0 Å². The van der Waals surface area contributed by atoms with Crippen molar-refractivity contribution >= 4 is 48.6 Å². The fourth-order valence-corrected chi connectivity index (χ4v) is 5.69. The number of halogens is 2. The van der Waals surface area contributed by atoms with Crippen LogP contribution in [0.15, 0.2) is 48.5 Å². The van der Waals surface area contributed by atoms with E-state index in [0.29, 0.717) is 10.6 Å². The summed E-state index contributed by atoms with van der Waals surface area (Å²) in [6.07, 6.45) is 0.158. The van der Waals surface area contributed by atoms with Gasteiger partial charge in [0, 0.05) is 13.5 Å². The van der Waals surface area contributed by atoms with Crippen molar-refractivity contribution in [1.82, 2.24) is 5.06 Å². The summed E-state index contributed by atoms with van der Waals surface area (Å²) >= 11 is 12.4. The number of hydrogen-bond acceptors (Lipinski definition) is 9. The van der Waals surface area contributed by atoms with E-state index in [1.54, 1.807) is 59.7 Å². The second-order valence-electron chi connectivity index (χ2n) is 12.2. The molecule has 0 aliphatic carbocycles. The molecule has 244 valence electrons. The third kappa shape index (κ3) is 12.5. The van der Waals surface area contributed by atoms with E-state index in [4.69, 9.17) is 46.6 Å². The molecule has 13 heteroatoms. The Morgan fingerprint density at radius 1 is 0.818 bits per heavy atom. The highest BCUT2D eigenvalue weighted by Crippen LogP contribution is 2.55. The Morgan fingerprint density at radius 2 is 1.36 bits per heavy atom. The molecule has 0 aromatic heterocycles. The van der Waals surface area contributed by atoms with E-state index < -0.39 is 49.6 Å². The zero-order valence-electron chi connectivity index (χ0n) is 26.3. The summed E-state index contributed by atoms with van der Waals surface area (Å²) in [6.45, 7) is 10.1. The quantitative estimate of drug-likeness (QED) is 0.0815. The first-order valence-corrected chi connectivity index (χ1v) is 16.4. The van der Waals surface area contributed by atoms with Crippen LogP contribution in [-0.2, 0) is 55.3 Å². The van der Waals surface area contributed by atoms with Crippen LogP contribution in [0.3, 0.4) is 0 Å². The molecule has 10 nitrogen and oxygen atoms in total. The smallest absolute Gasteiger partial charge is 0.339 e. The Hall–Kier alpha value is -2.46. The predicted molar refractivity (Wildman–Crippen MR) is 168 cm³/mol. The van der Waals surface area contributed by atoms with Crippen LogP contribution in [0.1, 0.15) is 66.0 Å². The number of carbonyl (C=O) groups excluding carboxylic acids is 3. The average Bonchev–Trinajstić information content (AvgIpc) is 2.93. The van der Waals surface area contributed by atoms with Crippen molar-refractivity contribution in [2.75, 3.05) is 20.1 Å². The van der Waals surface area contributed by atoms with Crippen LogP contribution in [-0.4, -0.2) is 48.7 Å². The van der Waals surface area contributed by atoms with E-state index in [-0.39, 0.29) is 36.9 Å². The van der Waals surface area contributed by atoms with E-state index in [1.165, 1.54) is 12.0 Å². The minimum absolute atomic E-state index is 0.00836. The molecule has 0 saturated carbocycles. The lowest BCUT2D eigenvalue weighted by atomic mass is 9.98. The van der Waals surface area contributed by atoms with Crippen molar-refractivity contribution < 1.29 is 42.3 Å². The molecule has 0 radical (unpaired) electrons. The van der Waals surface area contributed by atoms with Gasteiger partial charge in [0.15, 0.2) is 0 Å². The summed E-state index contributed by atoms with van der Waals surface area (Å²) in [6, 6.07) is 14.2. The Morgan fingerprint density at radius 3 is 1.84 bits per heavy atom. The molecule has 2 rings (SSSR count). The largest absolute Gasteiger partial charge is 0.438 e. The van der Waals surface area contributed by atoms with E-state index in [9.17, 15) is 18.9 Å². The first-order valence-electron chi connectivity index (χ1n) is 14.0. The van der Waals surface area contributed by atoms with Crippen molar-refractivity contribution in [2.24, 2.45) is 10.8 Å². The number of esters is 2. The molecular weight excluding hydrogens is 632 g/mol. The summed E-state index contributed by atoms with van der Waals surface area (Å²) in [5.41, 5.74) is -1.11. The lowest BCUT2D eigenvalue weighted by Gasteiger charge is -2.29. The maximum Gasteiger partial charge on any atom is 0.339 e. The van der Waals surface area contributed by atoms with E-state index >= 15 is 0 Å². The first-order chi connectivity index (χ1) is 20.4. The van der Waals surface area contributed by atoms with Crippen molar-refractivity contribution in [1.29, 1.82) is 0 Å². The molecule has 44 heavy (non-hydrogen) atoms. The van der Waals surface area contributed by atoms with Gasteiger partial charge in [-0.2, -0.15) is 0 Å². The Labute approximate surface area is 269 Å². The van der Waals surface area contributed by atoms with Gasteiger partial charge in [-0.3, -0.25) is 32.8 Å². The number of benzene rings is 2. The van der Waals surface area contributed by atoms with E-state index in [0.717, 1.165) is 5.56 Å². The van der Waals surface area contributed by atoms with Crippen LogP contribution in [0.4, 0.5) is 0 Å². The van der Waals surface area contributed by atoms with Gasteiger partial charge in [0.1, 0.15) is 6.61 Å². The maximum atomic E-state index is 14.5. The number of ether oxygens (including phenoxy) is 2. The van der Waals surface area contributed by atoms with Gasteiger partial charge >= 0.3 is 19.5 Å². The standard InChI is InChI=1S/C31H42Cl2NO9P/c1-22(35)34(41-19-23-11-9-8-10-12-23)16-15-25(17-24-13-14-26(32)27(33)18-24)44(38,42-20-39-28(36)30(2,3)4)43-21-40-29(37)31(5,6)7/h8-14,18,25H,15-17,19-21H2,1-7H3. The molecule has 1 atom stereocenters. The lowest BCUT2D eigenvalue weighted by molar-refractivity contribution is -0.189. The molecular formula is C31H42Cl2NO9P. The molecule has 0 heterocycles. The molecule has 0 fully saturated rings. The average molecular weight is 675 g/mol. The Kier molecular flexibility index (Phi) is 14.3. The van der Waals surface area contributed by atoms with Crippen LogP contribution in [0.2, 0.25) is 10.0 Å². The topological polar surface area (TPSA) is 118 Å². The molecule has 0 aliphatic rings. The second kappa shape index (κ2) is 16.7. The molecule has 1 unspecified atom stereocenters. The summed E-state index contributed by atoms with van der Waals surface area (Å²) < 4.78 is 36.2. The third-order valence-electron chi connectivity index (χ3n) is 6.22. The zero-order chi connectivity index (χ0) is 33.1. The number of hydrogen-bond donors (Lipinski definition) is 0. The first kappa shape index (κ1) is 37.7. The molecule has 0 aliphatic heterocycles. The number of amides is 1.